The van der Waals surface area contributed by atoms with Gasteiger partial charge in [0.25, 0.3) is 0 Å². The number of rotatable bonds is 6. The monoisotopic (exact) mass is 460 g/mol. The minimum absolute atomic E-state index is 0. The van der Waals surface area contributed by atoms with E-state index in [9.17, 15) is 4.79 Å². The van der Waals surface area contributed by atoms with Crippen molar-refractivity contribution >= 4 is 35.8 Å². The van der Waals surface area contributed by atoms with Gasteiger partial charge in [0.2, 0.25) is 5.91 Å². The van der Waals surface area contributed by atoms with E-state index in [-0.39, 0.29) is 29.9 Å². The Morgan fingerprint density at radius 3 is 2.40 bits per heavy atom. The van der Waals surface area contributed by atoms with Gasteiger partial charge in [-0.3, -0.25) is 9.79 Å². The van der Waals surface area contributed by atoms with Gasteiger partial charge in [0.15, 0.2) is 5.96 Å². The fraction of sp³-hybridized carbons (Fsp3) is 0.556. The van der Waals surface area contributed by atoms with Gasteiger partial charge in [0, 0.05) is 39.6 Å². The molecule has 0 aliphatic carbocycles. The molecule has 6 nitrogen and oxygen atoms in total. The zero-order valence-corrected chi connectivity index (χ0v) is 17.4. The van der Waals surface area contributed by atoms with E-state index in [1.165, 1.54) is 5.56 Å². The Morgan fingerprint density at radius 1 is 1.16 bits per heavy atom. The number of carbonyl (C=O) groups excluding carboxylic acids is 1. The van der Waals surface area contributed by atoms with Gasteiger partial charge in [-0.25, -0.2) is 0 Å². The maximum atomic E-state index is 11.4. The minimum atomic E-state index is 0. The van der Waals surface area contributed by atoms with Crippen LogP contribution in [-0.2, 0) is 16.1 Å². The molecule has 0 saturated carbocycles. The van der Waals surface area contributed by atoms with Crippen LogP contribution in [-0.4, -0.2) is 67.5 Å². The first-order valence-corrected chi connectivity index (χ1v) is 8.61. The van der Waals surface area contributed by atoms with E-state index in [2.05, 4.69) is 34.3 Å². The summed E-state index contributed by atoms with van der Waals surface area (Å²) in [6.07, 6.45) is 0. The van der Waals surface area contributed by atoms with Crippen molar-refractivity contribution in [3.05, 3.63) is 35.9 Å². The van der Waals surface area contributed by atoms with Crippen LogP contribution in [0.25, 0.3) is 0 Å². The first kappa shape index (κ1) is 21.7. The summed E-state index contributed by atoms with van der Waals surface area (Å²) in [4.78, 5) is 20.1. The maximum Gasteiger partial charge on any atom is 0.219 e. The SMILES string of the molecule is CCNC(=NCCOCc1ccccc1)N1CCN(C(C)=O)CC1.I. The number of aliphatic imine (C=N–C) groups is 1. The summed E-state index contributed by atoms with van der Waals surface area (Å²) < 4.78 is 5.68. The van der Waals surface area contributed by atoms with Crippen LogP contribution < -0.4 is 5.32 Å². The summed E-state index contributed by atoms with van der Waals surface area (Å²) >= 11 is 0. The van der Waals surface area contributed by atoms with Crippen LogP contribution in [0.15, 0.2) is 35.3 Å². The lowest BCUT2D eigenvalue weighted by molar-refractivity contribution is -0.130. The molecule has 2 rings (SSSR count). The average Bonchev–Trinajstić information content (AvgIpc) is 2.61. The number of hydrogen-bond acceptors (Lipinski definition) is 3. The van der Waals surface area contributed by atoms with E-state index >= 15 is 0 Å². The fourth-order valence-corrected chi connectivity index (χ4v) is 2.64. The summed E-state index contributed by atoms with van der Waals surface area (Å²) in [5.74, 6) is 1.05. The average molecular weight is 460 g/mol. The molecule has 140 valence electrons. The topological polar surface area (TPSA) is 57.2 Å². The molecular weight excluding hydrogens is 431 g/mol. The second-order valence-corrected chi connectivity index (χ2v) is 5.77. The Kier molecular flexibility index (Phi) is 10.5. The Balaban J connectivity index is 0.00000312. The summed E-state index contributed by atoms with van der Waals surface area (Å²) in [6.45, 7) is 9.49. The molecule has 25 heavy (non-hydrogen) atoms. The Hall–Kier alpha value is -1.35. The number of guanidine groups is 1. The van der Waals surface area contributed by atoms with E-state index in [1.807, 2.05) is 23.1 Å². The second kappa shape index (κ2) is 12.1. The molecule has 1 aromatic carbocycles. The lowest BCUT2D eigenvalue weighted by Crippen LogP contribution is -2.53. The highest BCUT2D eigenvalue weighted by Gasteiger charge is 2.20. The number of halogens is 1. The molecule has 0 radical (unpaired) electrons. The number of amides is 1. The Bertz CT molecular complexity index is 531. The van der Waals surface area contributed by atoms with Gasteiger partial charge in [-0.15, -0.1) is 24.0 Å². The maximum absolute atomic E-state index is 11.4. The van der Waals surface area contributed by atoms with Crippen LogP contribution in [0.2, 0.25) is 0 Å². The predicted octanol–water partition coefficient (Wildman–Crippen LogP) is 1.95. The molecule has 0 atom stereocenters. The second-order valence-electron chi connectivity index (χ2n) is 5.77. The fourth-order valence-electron chi connectivity index (χ4n) is 2.64. The van der Waals surface area contributed by atoms with Gasteiger partial charge in [0.1, 0.15) is 0 Å². The molecule has 7 heteroatoms. The highest BCUT2D eigenvalue weighted by Crippen LogP contribution is 2.03. The van der Waals surface area contributed by atoms with Gasteiger partial charge in [0.05, 0.1) is 19.8 Å². The molecule has 1 N–H and O–H groups in total. The highest BCUT2D eigenvalue weighted by molar-refractivity contribution is 14.0. The van der Waals surface area contributed by atoms with E-state index in [0.717, 1.165) is 38.7 Å². The third-order valence-corrected chi connectivity index (χ3v) is 3.97. The highest BCUT2D eigenvalue weighted by atomic mass is 127. The molecule has 1 aliphatic rings. The molecule has 1 aliphatic heterocycles. The number of ether oxygens (including phenoxy) is 1. The van der Waals surface area contributed by atoms with E-state index in [1.54, 1.807) is 6.92 Å². The third-order valence-electron chi connectivity index (χ3n) is 3.97. The van der Waals surface area contributed by atoms with E-state index in [0.29, 0.717) is 19.8 Å². The Morgan fingerprint density at radius 2 is 1.80 bits per heavy atom. The predicted molar refractivity (Wildman–Crippen MR) is 111 cm³/mol. The third kappa shape index (κ3) is 7.60. The quantitative estimate of drug-likeness (QED) is 0.305. The standard InChI is InChI=1S/C18H28N4O2.HI/c1-3-19-18(22-12-10-21(11-13-22)16(2)23)20-9-14-24-15-17-7-5-4-6-8-17;/h4-8H,3,9-15H2,1-2H3,(H,19,20);1H. The van der Waals surface area contributed by atoms with Gasteiger partial charge < -0.3 is 19.9 Å². The normalized spacial score (nSPS) is 14.9. The number of hydrogen-bond donors (Lipinski definition) is 1. The molecule has 0 spiro atoms. The van der Waals surface area contributed by atoms with Crippen molar-refractivity contribution in [2.45, 2.75) is 20.5 Å². The number of piperazine rings is 1. The van der Waals surface area contributed by atoms with Crippen molar-refractivity contribution in [2.24, 2.45) is 4.99 Å². The lowest BCUT2D eigenvalue weighted by Gasteiger charge is -2.36. The van der Waals surface area contributed by atoms with Gasteiger partial charge >= 0.3 is 0 Å². The molecule has 1 amide bonds. The van der Waals surface area contributed by atoms with Gasteiger partial charge in [-0.05, 0) is 12.5 Å². The van der Waals surface area contributed by atoms with Crippen LogP contribution in [0.4, 0.5) is 0 Å². The van der Waals surface area contributed by atoms with Crippen LogP contribution in [0.1, 0.15) is 19.4 Å². The van der Waals surface area contributed by atoms with Gasteiger partial charge in [-0.1, -0.05) is 30.3 Å². The largest absolute Gasteiger partial charge is 0.375 e. The number of carbonyl (C=O) groups is 1. The molecule has 1 aromatic rings. The van der Waals surface area contributed by atoms with Crippen LogP contribution in [0, 0.1) is 0 Å². The summed E-state index contributed by atoms with van der Waals surface area (Å²) in [5, 5.41) is 3.32. The molecule has 1 heterocycles. The number of nitrogens with zero attached hydrogens (tertiary/aromatic N) is 3. The van der Waals surface area contributed by atoms with Crippen molar-refractivity contribution in [3.8, 4) is 0 Å². The van der Waals surface area contributed by atoms with Crippen molar-refractivity contribution in [2.75, 3.05) is 45.9 Å². The zero-order chi connectivity index (χ0) is 17.2. The molecule has 1 fully saturated rings. The van der Waals surface area contributed by atoms with Gasteiger partial charge in [-0.2, -0.15) is 0 Å². The molecular formula is C18H29IN4O2. The van der Waals surface area contributed by atoms with Crippen molar-refractivity contribution in [3.63, 3.8) is 0 Å². The summed E-state index contributed by atoms with van der Waals surface area (Å²) in [5.41, 5.74) is 1.17. The molecule has 0 aromatic heterocycles. The summed E-state index contributed by atoms with van der Waals surface area (Å²) in [7, 11) is 0. The molecule has 0 bridgehead atoms. The summed E-state index contributed by atoms with van der Waals surface area (Å²) in [6, 6.07) is 10.1. The van der Waals surface area contributed by atoms with Crippen molar-refractivity contribution in [1.29, 1.82) is 0 Å². The first-order valence-electron chi connectivity index (χ1n) is 8.61. The van der Waals surface area contributed by atoms with Crippen molar-refractivity contribution < 1.29 is 9.53 Å². The van der Waals surface area contributed by atoms with Crippen LogP contribution in [0.3, 0.4) is 0 Å². The van der Waals surface area contributed by atoms with Crippen LogP contribution in [0.5, 0.6) is 0 Å². The van der Waals surface area contributed by atoms with Crippen molar-refractivity contribution in [1.82, 2.24) is 15.1 Å². The van der Waals surface area contributed by atoms with E-state index in [4.69, 9.17) is 4.74 Å². The minimum Gasteiger partial charge on any atom is -0.375 e. The van der Waals surface area contributed by atoms with E-state index < -0.39 is 0 Å². The molecule has 0 unspecified atom stereocenters. The number of nitrogens with one attached hydrogen (secondary N) is 1. The lowest BCUT2D eigenvalue weighted by atomic mass is 10.2. The Labute approximate surface area is 167 Å². The number of benzene rings is 1. The van der Waals surface area contributed by atoms with Crippen LogP contribution >= 0.6 is 24.0 Å². The smallest absolute Gasteiger partial charge is 0.219 e. The first-order chi connectivity index (χ1) is 11.7. The zero-order valence-electron chi connectivity index (χ0n) is 15.1. The molecule has 1 saturated heterocycles.